The molecule has 0 aromatic heterocycles. The zero-order valence-corrected chi connectivity index (χ0v) is 22.7. The van der Waals surface area contributed by atoms with Crippen molar-refractivity contribution in [3.05, 3.63) is 70.8 Å². The smallest absolute Gasteiger partial charge is 0.200 e. The van der Waals surface area contributed by atoms with Gasteiger partial charge in [-0.3, -0.25) is 0 Å². The Kier molecular flexibility index (Phi) is 7.55. The number of hydrogen-bond acceptors (Lipinski definition) is 4. The second-order valence-electron chi connectivity index (χ2n) is 12.4. The summed E-state index contributed by atoms with van der Waals surface area (Å²) < 4.78 is 54.8. The first-order chi connectivity index (χ1) is 18.9. The number of hydrogen-bond donors (Lipinski definition) is 4. The first-order valence-corrected chi connectivity index (χ1v) is 14.0. The van der Waals surface area contributed by atoms with Gasteiger partial charge in [-0.05, 0) is 98.6 Å². The fourth-order valence-corrected chi connectivity index (χ4v) is 7.24. The number of halogens is 4. The second kappa shape index (κ2) is 10.5. The van der Waals surface area contributed by atoms with Gasteiger partial charge in [0.15, 0.2) is 23.1 Å². The van der Waals surface area contributed by atoms with E-state index in [-0.39, 0.29) is 40.1 Å². The van der Waals surface area contributed by atoms with Gasteiger partial charge in [-0.1, -0.05) is 26.0 Å². The van der Waals surface area contributed by atoms with E-state index in [1.165, 1.54) is 24.3 Å². The molecule has 216 valence electrons. The maximum atomic E-state index is 13.9. The first kappa shape index (κ1) is 28.7. The lowest BCUT2D eigenvalue weighted by Crippen LogP contribution is -2.34. The first-order valence-electron chi connectivity index (χ1n) is 14.0. The molecule has 2 aromatic rings. The fourth-order valence-electron chi connectivity index (χ4n) is 7.24. The average molecular weight is 561 g/mol. The van der Waals surface area contributed by atoms with Gasteiger partial charge in [0.25, 0.3) is 0 Å². The van der Waals surface area contributed by atoms with E-state index in [9.17, 15) is 38.0 Å². The molecule has 0 saturated heterocycles. The van der Waals surface area contributed by atoms with Crippen LogP contribution in [0.4, 0.5) is 17.6 Å². The van der Waals surface area contributed by atoms with Crippen LogP contribution < -0.4 is 0 Å². The van der Waals surface area contributed by atoms with Crippen molar-refractivity contribution in [2.45, 2.75) is 77.4 Å². The maximum absolute atomic E-state index is 13.9. The Morgan fingerprint density at radius 2 is 1.25 bits per heavy atom. The van der Waals surface area contributed by atoms with Crippen LogP contribution in [0.25, 0.3) is 11.1 Å². The van der Waals surface area contributed by atoms with Crippen LogP contribution in [0.3, 0.4) is 0 Å². The van der Waals surface area contributed by atoms with E-state index >= 15 is 0 Å². The number of aliphatic hydroxyl groups is 2. The van der Waals surface area contributed by atoms with Gasteiger partial charge in [0.2, 0.25) is 11.6 Å². The number of allylic oxidation sites excluding steroid dienone is 4. The molecule has 0 radical (unpaired) electrons. The number of benzene rings is 2. The minimum absolute atomic E-state index is 0.143. The van der Waals surface area contributed by atoms with E-state index in [4.69, 9.17) is 0 Å². The summed E-state index contributed by atoms with van der Waals surface area (Å²) in [7, 11) is 0. The van der Waals surface area contributed by atoms with Crippen molar-refractivity contribution in [2.75, 3.05) is 0 Å². The molecule has 40 heavy (non-hydrogen) atoms. The van der Waals surface area contributed by atoms with E-state index in [0.29, 0.717) is 25.2 Å². The molecule has 0 spiro atoms. The summed E-state index contributed by atoms with van der Waals surface area (Å²) >= 11 is 0. The van der Waals surface area contributed by atoms with Gasteiger partial charge in [0, 0.05) is 22.0 Å². The third kappa shape index (κ3) is 4.73. The zero-order valence-electron chi connectivity index (χ0n) is 22.7. The molecule has 4 aliphatic carbocycles. The van der Waals surface area contributed by atoms with Crippen molar-refractivity contribution in [3.63, 3.8) is 0 Å². The van der Waals surface area contributed by atoms with Crippen molar-refractivity contribution in [1.82, 2.24) is 0 Å². The normalized spacial score (nSPS) is 32.9. The van der Waals surface area contributed by atoms with Crippen LogP contribution in [0.15, 0.2) is 36.4 Å². The summed E-state index contributed by atoms with van der Waals surface area (Å²) in [5.41, 5.74) is 1.72. The molecule has 4 N–H and O–H groups in total. The van der Waals surface area contributed by atoms with Crippen LogP contribution in [0.5, 0.6) is 11.5 Å². The van der Waals surface area contributed by atoms with Gasteiger partial charge in [0.05, 0.1) is 12.2 Å². The Bertz CT molecular complexity index is 1370. The lowest BCUT2D eigenvalue weighted by Gasteiger charge is -2.38. The van der Waals surface area contributed by atoms with Gasteiger partial charge >= 0.3 is 0 Å². The molecule has 6 rings (SSSR count). The molecule has 2 saturated carbocycles. The summed E-state index contributed by atoms with van der Waals surface area (Å²) in [6.07, 6.45) is 9.29. The van der Waals surface area contributed by atoms with Gasteiger partial charge in [-0.2, -0.15) is 8.78 Å². The molecular weight excluding hydrogens is 524 g/mol. The van der Waals surface area contributed by atoms with Crippen molar-refractivity contribution >= 4 is 11.1 Å². The molecule has 8 heteroatoms. The average Bonchev–Trinajstić information content (AvgIpc) is 3.40. The van der Waals surface area contributed by atoms with Gasteiger partial charge in [-0.25, -0.2) is 8.78 Å². The Labute approximate surface area is 231 Å². The standard InChI is InChI=1S/2C16H18F2O2/c2*1-16-7-6-9(8-10(16)2-5-13(16)20)11-3-4-12(19)15(18)14(11)17/h3-4,8,10,13,19-20H,2,5-7H2,1H3;3-4,6,10,13,19-20H,2,5,7-8H2,1H3/t2*10?,13-,16-/m00/s1. The Morgan fingerprint density at radius 1 is 0.700 bits per heavy atom. The number of fused-ring (bicyclic) bond motifs is 2. The lowest BCUT2D eigenvalue weighted by atomic mass is 9.68. The zero-order chi connectivity index (χ0) is 29.0. The molecule has 6 atom stereocenters. The van der Waals surface area contributed by atoms with E-state index in [2.05, 4.69) is 13.8 Å². The Morgan fingerprint density at radius 3 is 1.88 bits per heavy atom. The van der Waals surface area contributed by atoms with Gasteiger partial charge < -0.3 is 20.4 Å². The summed E-state index contributed by atoms with van der Waals surface area (Å²) in [5, 5.41) is 38.5. The van der Waals surface area contributed by atoms with Crippen LogP contribution in [0.1, 0.15) is 76.3 Å². The van der Waals surface area contributed by atoms with Crippen molar-refractivity contribution < 1.29 is 38.0 Å². The van der Waals surface area contributed by atoms with Gasteiger partial charge in [-0.15, -0.1) is 0 Å². The van der Waals surface area contributed by atoms with Crippen molar-refractivity contribution in [1.29, 1.82) is 0 Å². The molecule has 2 unspecified atom stereocenters. The van der Waals surface area contributed by atoms with E-state index in [1.807, 2.05) is 12.2 Å². The highest BCUT2D eigenvalue weighted by atomic mass is 19.2. The molecule has 0 aliphatic heterocycles. The molecular formula is C32H36F4O4. The van der Waals surface area contributed by atoms with Crippen LogP contribution in [0, 0.1) is 45.9 Å². The number of phenols is 2. The minimum atomic E-state index is -1.19. The summed E-state index contributed by atoms with van der Waals surface area (Å²) in [6.45, 7) is 4.13. The minimum Gasteiger partial charge on any atom is -0.505 e. The highest BCUT2D eigenvalue weighted by Gasteiger charge is 2.48. The van der Waals surface area contributed by atoms with E-state index in [1.54, 1.807) is 0 Å². The lowest BCUT2D eigenvalue weighted by molar-refractivity contribution is 0.0400. The third-order valence-electron chi connectivity index (χ3n) is 10.2. The fraction of sp³-hybridized carbons (Fsp3) is 0.500. The number of rotatable bonds is 2. The SMILES string of the molecule is C[C@]12CC=C(c3ccc(O)c(F)c3F)CC1CC[C@@H]2O.C[C@]12CCC(c3ccc(O)c(F)c3F)=CC1CC[C@@H]2O. The third-order valence-corrected chi connectivity index (χ3v) is 10.2. The maximum Gasteiger partial charge on any atom is 0.200 e. The quantitative estimate of drug-likeness (QED) is 0.292. The molecule has 0 bridgehead atoms. The number of aliphatic hydroxyl groups excluding tert-OH is 2. The largest absolute Gasteiger partial charge is 0.505 e. The van der Waals surface area contributed by atoms with Gasteiger partial charge in [0.1, 0.15) is 0 Å². The highest BCUT2D eigenvalue weighted by Crippen LogP contribution is 2.54. The van der Waals surface area contributed by atoms with E-state index < -0.39 is 34.8 Å². The molecule has 0 heterocycles. The Hall–Kier alpha value is -2.84. The monoisotopic (exact) mass is 560 g/mol. The Balaban J connectivity index is 0.000000161. The summed E-state index contributed by atoms with van der Waals surface area (Å²) in [4.78, 5) is 0. The molecule has 0 amide bonds. The van der Waals surface area contributed by atoms with Crippen LogP contribution in [0.2, 0.25) is 0 Å². The summed E-state index contributed by atoms with van der Waals surface area (Å²) in [5.74, 6) is -5.18. The topological polar surface area (TPSA) is 80.9 Å². The molecule has 4 nitrogen and oxygen atoms in total. The second-order valence-corrected chi connectivity index (χ2v) is 12.4. The van der Waals surface area contributed by atoms with Crippen molar-refractivity contribution in [2.24, 2.45) is 22.7 Å². The molecule has 2 aromatic carbocycles. The highest BCUT2D eigenvalue weighted by molar-refractivity contribution is 5.69. The molecule has 2 fully saturated rings. The number of phenolic OH excluding ortho intramolecular Hbond substituents is 2. The molecule has 4 aliphatic rings. The van der Waals surface area contributed by atoms with Crippen molar-refractivity contribution in [3.8, 4) is 11.5 Å². The van der Waals surface area contributed by atoms with Crippen LogP contribution in [-0.2, 0) is 0 Å². The summed E-state index contributed by atoms with van der Waals surface area (Å²) in [6, 6.07) is 5.22. The predicted octanol–water partition coefficient (Wildman–Crippen LogP) is 7.25. The van der Waals surface area contributed by atoms with Crippen LogP contribution >= 0.6 is 0 Å². The predicted molar refractivity (Wildman–Crippen MR) is 144 cm³/mol. The van der Waals surface area contributed by atoms with E-state index in [0.717, 1.165) is 43.3 Å². The van der Waals surface area contributed by atoms with Crippen LogP contribution in [-0.4, -0.2) is 32.6 Å². The number of aromatic hydroxyl groups is 2.